The molecule has 1 aromatic heterocycles. The van der Waals surface area contributed by atoms with Crippen LogP contribution in [-0.2, 0) is 20.9 Å². The van der Waals surface area contributed by atoms with E-state index in [-0.39, 0.29) is 18.1 Å². The minimum absolute atomic E-state index is 0.228. The zero-order chi connectivity index (χ0) is 18.0. The molecule has 2 heterocycles. The number of ether oxygens (including phenoxy) is 1. The molecule has 0 spiro atoms. The van der Waals surface area contributed by atoms with Crippen LogP contribution in [-0.4, -0.2) is 46.3 Å². The van der Waals surface area contributed by atoms with Crippen LogP contribution < -0.4 is 5.32 Å². The van der Waals surface area contributed by atoms with Gasteiger partial charge in [-0.05, 0) is 13.0 Å². The van der Waals surface area contributed by atoms with Gasteiger partial charge in [-0.3, -0.25) is 14.3 Å². The molecule has 0 radical (unpaired) electrons. The van der Waals surface area contributed by atoms with E-state index >= 15 is 0 Å². The summed E-state index contributed by atoms with van der Waals surface area (Å²) in [6.45, 7) is 2.37. The van der Waals surface area contributed by atoms with E-state index < -0.39 is 23.9 Å². The number of carbonyl (C=O) groups excluding carboxylic acids is 2. The van der Waals surface area contributed by atoms with Crippen molar-refractivity contribution in [2.45, 2.75) is 25.6 Å². The molecular formula is C17H19FN4O3. The van der Waals surface area contributed by atoms with Gasteiger partial charge >= 0.3 is 0 Å². The fourth-order valence-electron chi connectivity index (χ4n) is 2.83. The number of hydrogen-bond donors (Lipinski definition) is 1. The first kappa shape index (κ1) is 17.1. The molecule has 1 aliphatic heterocycles. The summed E-state index contributed by atoms with van der Waals surface area (Å²) >= 11 is 0. The van der Waals surface area contributed by atoms with Crippen LogP contribution in [0, 0.1) is 5.82 Å². The molecule has 2 amide bonds. The first-order valence-electron chi connectivity index (χ1n) is 7.96. The number of amides is 2. The number of benzene rings is 1. The number of halogens is 1. The third-order valence-electron chi connectivity index (χ3n) is 4.19. The molecule has 0 saturated carbocycles. The van der Waals surface area contributed by atoms with Crippen molar-refractivity contribution in [2.75, 3.05) is 19.0 Å². The Labute approximate surface area is 144 Å². The normalized spacial score (nSPS) is 20.6. The molecular weight excluding hydrogens is 327 g/mol. The lowest BCUT2D eigenvalue weighted by Crippen LogP contribution is -2.51. The average Bonchev–Trinajstić information content (AvgIpc) is 3.05. The molecule has 1 aromatic carbocycles. The molecule has 3 rings (SSSR count). The first-order chi connectivity index (χ1) is 12.0. The zero-order valence-electron chi connectivity index (χ0n) is 14.0. The maximum atomic E-state index is 14.2. The second-order valence-electron chi connectivity index (χ2n) is 5.78. The zero-order valence-corrected chi connectivity index (χ0v) is 14.0. The van der Waals surface area contributed by atoms with Gasteiger partial charge in [0.25, 0.3) is 5.91 Å². The number of aromatic nitrogens is 2. The van der Waals surface area contributed by atoms with E-state index in [1.54, 1.807) is 29.1 Å². The van der Waals surface area contributed by atoms with Crippen LogP contribution in [0.25, 0.3) is 0 Å². The van der Waals surface area contributed by atoms with Crippen molar-refractivity contribution in [3.63, 3.8) is 0 Å². The molecule has 8 heteroatoms. The second kappa shape index (κ2) is 7.02. The topological polar surface area (TPSA) is 76.5 Å². The van der Waals surface area contributed by atoms with Crippen molar-refractivity contribution >= 4 is 17.5 Å². The summed E-state index contributed by atoms with van der Waals surface area (Å²) in [5.41, 5.74) is 0.754. The van der Waals surface area contributed by atoms with Crippen LogP contribution >= 0.6 is 0 Å². The van der Waals surface area contributed by atoms with E-state index in [2.05, 4.69) is 10.4 Å². The van der Waals surface area contributed by atoms with Gasteiger partial charge in [-0.2, -0.15) is 5.10 Å². The number of nitrogens with one attached hydrogen (secondary N) is 1. The molecule has 1 N–H and O–H groups in total. The highest BCUT2D eigenvalue weighted by molar-refractivity contribution is 5.96. The molecule has 0 bridgehead atoms. The van der Waals surface area contributed by atoms with Crippen molar-refractivity contribution in [2.24, 2.45) is 0 Å². The highest BCUT2D eigenvalue weighted by atomic mass is 19.1. The molecule has 132 valence electrons. The second-order valence-corrected chi connectivity index (χ2v) is 5.78. The molecule has 7 nitrogen and oxygen atoms in total. The van der Waals surface area contributed by atoms with Gasteiger partial charge in [0.2, 0.25) is 5.91 Å². The van der Waals surface area contributed by atoms with Crippen LogP contribution in [0.1, 0.15) is 18.5 Å². The maximum absolute atomic E-state index is 14.2. The minimum Gasteiger partial charge on any atom is -0.356 e. The van der Waals surface area contributed by atoms with Crippen LogP contribution in [0.5, 0.6) is 0 Å². The molecule has 1 aliphatic rings. The number of anilines is 1. The summed E-state index contributed by atoms with van der Waals surface area (Å²) in [5, 5.41) is 6.80. The number of hydrogen-bond acceptors (Lipinski definition) is 4. The van der Waals surface area contributed by atoms with Crippen molar-refractivity contribution < 1.29 is 18.7 Å². The van der Waals surface area contributed by atoms with Gasteiger partial charge in [-0.25, -0.2) is 4.39 Å². The van der Waals surface area contributed by atoms with Gasteiger partial charge in [0.15, 0.2) is 6.10 Å². The van der Waals surface area contributed by atoms with Crippen LogP contribution in [0.4, 0.5) is 10.1 Å². The summed E-state index contributed by atoms with van der Waals surface area (Å²) < 4.78 is 21.4. The van der Waals surface area contributed by atoms with Gasteiger partial charge in [0.05, 0.1) is 17.9 Å². The van der Waals surface area contributed by atoms with Crippen molar-refractivity contribution in [1.29, 1.82) is 0 Å². The van der Waals surface area contributed by atoms with E-state index in [9.17, 15) is 14.0 Å². The Balaban J connectivity index is 1.87. The van der Waals surface area contributed by atoms with E-state index in [0.717, 1.165) is 0 Å². The average molecular weight is 346 g/mol. The summed E-state index contributed by atoms with van der Waals surface area (Å²) in [6, 6.07) is 5.21. The Kier molecular flexibility index (Phi) is 4.80. The molecule has 1 fully saturated rings. The largest absolute Gasteiger partial charge is 0.356 e. The van der Waals surface area contributed by atoms with Crippen molar-refractivity contribution in [1.82, 2.24) is 14.7 Å². The highest BCUT2D eigenvalue weighted by Gasteiger charge is 2.41. The number of carbonyl (C=O) groups is 2. The lowest BCUT2D eigenvalue weighted by molar-refractivity contribution is -0.160. The number of nitrogens with zero attached hydrogens (tertiary/aromatic N) is 3. The van der Waals surface area contributed by atoms with Crippen LogP contribution in [0.15, 0.2) is 36.7 Å². The molecule has 1 saturated heterocycles. The van der Waals surface area contributed by atoms with E-state index in [1.165, 1.54) is 24.2 Å². The van der Waals surface area contributed by atoms with Gasteiger partial charge in [0, 0.05) is 25.4 Å². The summed E-state index contributed by atoms with van der Waals surface area (Å²) in [7, 11) is 1.54. The molecule has 2 atom stereocenters. The van der Waals surface area contributed by atoms with Gasteiger partial charge in [0.1, 0.15) is 12.4 Å². The molecule has 25 heavy (non-hydrogen) atoms. The van der Waals surface area contributed by atoms with Gasteiger partial charge in [-0.15, -0.1) is 0 Å². The summed E-state index contributed by atoms with van der Waals surface area (Å²) in [4.78, 5) is 26.0. The van der Waals surface area contributed by atoms with Crippen molar-refractivity contribution in [3.05, 3.63) is 48.0 Å². The van der Waals surface area contributed by atoms with E-state index in [1.807, 2.05) is 6.92 Å². The number of morpholine rings is 1. The molecule has 0 unspecified atom stereocenters. The van der Waals surface area contributed by atoms with Crippen molar-refractivity contribution in [3.8, 4) is 0 Å². The third-order valence-corrected chi connectivity index (χ3v) is 4.19. The third kappa shape index (κ3) is 3.39. The summed E-state index contributed by atoms with van der Waals surface area (Å²) in [5.74, 6) is -1.26. The lowest BCUT2D eigenvalue weighted by Gasteiger charge is -2.38. The smallest absolute Gasteiger partial charge is 0.256 e. The Hall–Kier alpha value is -2.74. The van der Waals surface area contributed by atoms with E-state index in [4.69, 9.17) is 4.74 Å². The van der Waals surface area contributed by atoms with E-state index in [0.29, 0.717) is 12.2 Å². The van der Waals surface area contributed by atoms with Gasteiger partial charge in [-0.1, -0.05) is 18.2 Å². The highest BCUT2D eigenvalue weighted by Crippen LogP contribution is 2.31. The Morgan fingerprint density at radius 1 is 1.44 bits per heavy atom. The Bertz CT molecular complexity index is 792. The number of likely N-dealkylation sites (N-methyl/N-ethyl adjacent to an activating group) is 1. The fraction of sp³-hybridized carbons (Fsp3) is 0.353. The van der Waals surface area contributed by atoms with Crippen LogP contribution in [0.3, 0.4) is 0 Å². The first-order valence-corrected chi connectivity index (χ1v) is 7.96. The predicted octanol–water partition coefficient (Wildman–Crippen LogP) is 1.58. The standard InChI is InChI=1S/C17H19FN4O3/c1-3-22-9-11(8-19-22)20-17(24)16-15(21(2)14(23)10-25-16)12-6-4-5-7-13(12)18/h4-9,15-16H,3,10H2,1-2H3,(H,20,24)/t15-,16-/m1/s1. The fourth-order valence-corrected chi connectivity index (χ4v) is 2.83. The minimum atomic E-state index is -1.02. The van der Waals surface area contributed by atoms with Crippen LogP contribution in [0.2, 0.25) is 0 Å². The lowest BCUT2D eigenvalue weighted by atomic mass is 9.97. The maximum Gasteiger partial charge on any atom is 0.256 e. The number of rotatable bonds is 4. The number of aryl methyl sites for hydroxylation is 1. The monoisotopic (exact) mass is 346 g/mol. The molecule has 0 aliphatic carbocycles. The summed E-state index contributed by atoms with van der Waals surface area (Å²) in [6.07, 6.45) is 2.19. The Morgan fingerprint density at radius 3 is 2.88 bits per heavy atom. The quantitative estimate of drug-likeness (QED) is 0.912. The SMILES string of the molecule is CCn1cc(NC(=O)[C@@H]2OCC(=O)N(C)[C@@H]2c2ccccc2F)cn1. The molecule has 2 aromatic rings. The van der Waals surface area contributed by atoms with Gasteiger partial charge < -0.3 is 15.0 Å². The Morgan fingerprint density at radius 2 is 2.20 bits per heavy atom. The predicted molar refractivity (Wildman–Crippen MR) is 88.2 cm³/mol.